The molecule has 0 aromatic heterocycles. The van der Waals surface area contributed by atoms with Crippen LogP contribution in [-0.2, 0) is 14.8 Å². The topological polar surface area (TPSA) is 66.8 Å². The van der Waals surface area contributed by atoms with Gasteiger partial charge in [-0.1, -0.05) is 6.92 Å². The minimum Gasteiger partial charge on any atom is -0.394 e. The highest BCUT2D eigenvalue weighted by atomic mass is 35.5. The minimum absolute atomic E-state index is 0.0325. The lowest BCUT2D eigenvalue weighted by atomic mass is 10.1. The quantitative estimate of drug-likeness (QED) is 0.758. The van der Waals surface area contributed by atoms with E-state index >= 15 is 0 Å². The average molecular weight is 300 g/mol. The molecular weight excluding hydrogens is 278 g/mol. The Kier molecular flexibility index (Phi) is 5.44. The zero-order valence-electron chi connectivity index (χ0n) is 11.1. The van der Waals surface area contributed by atoms with E-state index in [1.54, 1.807) is 6.92 Å². The van der Waals surface area contributed by atoms with E-state index < -0.39 is 21.7 Å². The minimum atomic E-state index is -3.35. The van der Waals surface area contributed by atoms with Gasteiger partial charge in [-0.05, 0) is 19.8 Å². The molecule has 0 radical (unpaired) electrons. The highest BCUT2D eigenvalue weighted by Crippen LogP contribution is 2.24. The molecule has 2 unspecified atom stereocenters. The van der Waals surface area contributed by atoms with E-state index in [4.69, 9.17) is 21.4 Å². The number of alkyl halides is 1. The van der Waals surface area contributed by atoms with Crippen LogP contribution < -0.4 is 0 Å². The second-order valence-corrected chi connectivity index (χ2v) is 7.83. The first-order chi connectivity index (χ1) is 8.20. The molecular formula is C11H22ClNO4S. The van der Waals surface area contributed by atoms with E-state index in [0.29, 0.717) is 12.4 Å². The van der Waals surface area contributed by atoms with Crippen LogP contribution in [0.15, 0.2) is 0 Å². The lowest BCUT2D eigenvalue weighted by Gasteiger charge is -2.41. The zero-order chi connectivity index (χ0) is 14.0. The summed E-state index contributed by atoms with van der Waals surface area (Å²) in [5, 5.41) is 9.17. The third-order valence-corrected chi connectivity index (χ3v) is 5.39. The van der Waals surface area contributed by atoms with Crippen LogP contribution in [0.1, 0.15) is 20.8 Å². The van der Waals surface area contributed by atoms with Gasteiger partial charge >= 0.3 is 0 Å². The molecule has 0 spiro atoms. The standard InChI is InChI=1S/C11H22ClNO4S/c1-9(4-12)7-18(15,16)13-5-10(6-14)17-11(2,3)8-13/h9-10,14H,4-8H2,1-3H3. The molecule has 0 aromatic rings. The van der Waals surface area contributed by atoms with E-state index in [1.165, 1.54) is 4.31 Å². The first-order valence-electron chi connectivity index (χ1n) is 6.02. The number of nitrogens with zero attached hydrogens (tertiary/aromatic N) is 1. The van der Waals surface area contributed by atoms with Gasteiger partial charge in [0, 0.05) is 19.0 Å². The summed E-state index contributed by atoms with van der Waals surface area (Å²) in [6.07, 6.45) is -0.463. The second kappa shape index (κ2) is 6.05. The smallest absolute Gasteiger partial charge is 0.214 e. The van der Waals surface area contributed by atoms with Gasteiger partial charge in [0.2, 0.25) is 10.0 Å². The van der Waals surface area contributed by atoms with Crippen LogP contribution in [0.25, 0.3) is 0 Å². The van der Waals surface area contributed by atoms with Crippen LogP contribution in [0.5, 0.6) is 0 Å². The Morgan fingerprint density at radius 3 is 2.67 bits per heavy atom. The van der Waals surface area contributed by atoms with E-state index in [9.17, 15) is 8.42 Å². The van der Waals surface area contributed by atoms with Crippen LogP contribution >= 0.6 is 11.6 Å². The van der Waals surface area contributed by atoms with Crippen molar-refractivity contribution < 1.29 is 18.3 Å². The number of sulfonamides is 1. The molecule has 0 aromatic carbocycles. The highest BCUT2D eigenvalue weighted by Gasteiger charge is 2.38. The fraction of sp³-hybridized carbons (Fsp3) is 1.00. The molecule has 0 aliphatic carbocycles. The fourth-order valence-corrected chi connectivity index (χ4v) is 4.25. The molecule has 1 aliphatic heterocycles. The molecule has 7 heteroatoms. The molecule has 1 rings (SSSR count). The van der Waals surface area contributed by atoms with Crippen molar-refractivity contribution in [3.8, 4) is 0 Å². The van der Waals surface area contributed by atoms with E-state index in [1.807, 2.05) is 13.8 Å². The maximum absolute atomic E-state index is 12.2. The van der Waals surface area contributed by atoms with Gasteiger partial charge in [-0.25, -0.2) is 8.42 Å². The number of aliphatic hydroxyl groups excluding tert-OH is 1. The number of halogens is 1. The molecule has 2 atom stereocenters. The van der Waals surface area contributed by atoms with Gasteiger partial charge in [-0.15, -0.1) is 11.6 Å². The summed E-state index contributed by atoms with van der Waals surface area (Å²) in [5.74, 6) is 0.261. The van der Waals surface area contributed by atoms with E-state index in [2.05, 4.69) is 0 Å². The third-order valence-electron chi connectivity index (χ3n) is 2.81. The zero-order valence-corrected chi connectivity index (χ0v) is 12.7. The summed E-state index contributed by atoms with van der Waals surface area (Å²) < 4.78 is 31.5. The maximum Gasteiger partial charge on any atom is 0.214 e. The van der Waals surface area contributed by atoms with Gasteiger partial charge in [0.1, 0.15) is 0 Å². The molecule has 0 saturated carbocycles. The summed E-state index contributed by atoms with van der Waals surface area (Å²) in [6, 6.07) is 0. The highest BCUT2D eigenvalue weighted by molar-refractivity contribution is 7.89. The van der Waals surface area contributed by atoms with Crippen LogP contribution in [0.4, 0.5) is 0 Å². The maximum atomic E-state index is 12.2. The van der Waals surface area contributed by atoms with Gasteiger partial charge < -0.3 is 9.84 Å². The molecule has 0 bridgehead atoms. The predicted molar refractivity (Wildman–Crippen MR) is 71.3 cm³/mol. The molecule has 5 nitrogen and oxygen atoms in total. The van der Waals surface area contributed by atoms with Gasteiger partial charge in [0.05, 0.1) is 24.1 Å². The van der Waals surface area contributed by atoms with Gasteiger partial charge in [-0.2, -0.15) is 4.31 Å². The molecule has 1 N–H and O–H groups in total. The third kappa shape index (κ3) is 4.35. The summed E-state index contributed by atoms with van der Waals surface area (Å²) in [5.41, 5.74) is -0.580. The fourth-order valence-electron chi connectivity index (χ4n) is 2.06. The van der Waals surface area contributed by atoms with Crippen LogP contribution in [0.2, 0.25) is 0 Å². The largest absolute Gasteiger partial charge is 0.394 e. The van der Waals surface area contributed by atoms with E-state index in [-0.39, 0.29) is 24.8 Å². The number of ether oxygens (including phenoxy) is 1. The second-order valence-electron chi connectivity index (χ2n) is 5.51. The van der Waals surface area contributed by atoms with Crippen molar-refractivity contribution in [3.63, 3.8) is 0 Å². The molecule has 1 saturated heterocycles. The summed E-state index contributed by atoms with van der Waals surface area (Å²) in [4.78, 5) is 0. The molecule has 1 fully saturated rings. The lowest BCUT2D eigenvalue weighted by Crippen LogP contribution is -2.56. The Bertz CT molecular complexity index is 371. The van der Waals surface area contributed by atoms with Crippen molar-refractivity contribution in [1.29, 1.82) is 0 Å². The normalized spacial score (nSPS) is 27.1. The van der Waals surface area contributed by atoms with Gasteiger partial charge in [0.25, 0.3) is 0 Å². The molecule has 108 valence electrons. The van der Waals surface area contributed by atoms with Crippen LogP contribution in [0.3, 0.4) is 0 Å². The Hall–Kier alpha value is 0.120. The summed E-state index contributed by atoms with van der Waals surface area (Å²) in [6.45, 7) is 5.78. The summed E-state index contributed by atoms with van der Waals surface area (Å²) in [7, 11) is -3.35. The van der Waals surface area contributed by atoms with Crippen LogP contribution in [0, 0.1) is 5.92 Å². The average Bonchev–Trinajstić information content (AvgIpc) is 2.26. The van der Waals surface area contributed by atoms with Crippen molar-refractivity contribution in [1.82, 2.24) is 4.31 Å². The van der Waals surface area contributed by atoms with E-state index in [0.717, 1.165) is 0 Å². The Labute approximate surface area is 114 Å². The van der Waals surface area contributed by atoms with Gasteiger partial charge in [0.15, 0.2) is 0 Å². The van der Waals surface area contributed by atoms with Crippen molar-refractivity contribution in [2.45, 2.75) is 32.5 Å². The van der Waals surface area contributed by atoms with Crippen LogP contribution in [-0.4, -0.2) is 60.9 Å². The number of rotatable bonds is 5. The lowest BCUT2D eigenvalue weighted by molar-refractivity contribution is -0.131. The first kappa shape index (κ1) is 16.2. The van der Waals surface area contributed by atoms with Crippen molar-refractivity contribution in [2.75, 3.05) is 31.3 Å². The molecule has 1 aliphatic rings. The Morgan fingerprint density at radius 1 is 1.56 bits per heavy atom. The molecule has 0 amide bonds. The number of morpholine rings is 1. The monoisotopic (exact) mass is 299 g/mol. The first-order valence-corrected chi connectivity index (χ1v) is 8.17. The molecule has 18 heavy (non-hydrogen) atoms. The van der Waals surface area contributed by atoms with Gasteiger partial charge in [-0.3, -0.25) is 0 Å². The number of hydrogen-bond donors (Lipinski definition) is 1. The van der Waals surface area contributed by atoms with Crippen molar-refractivity contribution in [2.24, 2.45) is 5.92 Å². The Morgan fingerprint density at radius 2 is 2.17 bits per heavy atom. The van der Waals surface area contributed by atoms with Crippen molar-refractivity contribution >= 4 is 21.6 Å². The Balaban J connectivity index is 2.81. The molecule has 1 heterocycles. The van der Waals surface area contributed by atoms with Crippen molar-refractivity contribution in [3.05, 3.63) is 0 Å². The SMILES string of the molecule is CC(CCl)CS(=O)(=O)N1CC(CO)OC(C)(C)C1. The predicted octanol–water partition coefficient (Wildman–Crippen LogP) is 0.663. The summed E-state index contributed by atoms with van der Waals surface area (Å²) >= 11 is 5.66. The number of hydrogen-bond acceptors (Lipinski definition) is 4. The number of aliphatic hydroxyl groups is 1.